The standard InChI is InChI=1S/C17H25N/c1-17(2,3)18-16-12-8-7-11-15(16)13-14-9-5-4-6-10-14/h4-6,9-10,13,16,18H,7-8,11-12H2,1-3H3/b15-13+. The van der Waals surface area contributed by atoms with Gasteiger partial charge in [-0.25, -0.2) is 0 Å². The molecule has 1 aromatic carbocycles. The van der Waals surface area contributed by atoms with E-state index in [1.54, 1.807) is 5.57 Å². The first-order valence-electron chi connectivity index (χ1n) is 7.08. The van der Waals surface area contributed by atoms with Crippen molar-refractivity contribution < 1.29 is 0 Å². The van der Waals surface area contributed by atoms with E-state index in [4.69, 9.17) is 0 Å². The number of hydrogen-bond acceptors (Lipinski definition) is 1. The van der Waals surface area contributed by atoms with Gasteiger partial charge in [0.1, 0.15) is 0 Å². The molecule has 1 aromatic rings. The van der Waals surface area contributed by atoms with Gasteiger partial charge in [-0.05, 0) is 45.6 Å². The Bertz CT molecular complexity index is 397. The van der Waals surface area contributed by atoms with E-state index in [1.165, 1.54) is 31.2 Å². The highest BCUT2D eigenvalue weighted by Crippen LogP contribution is 2.27. The third kappa shape index (κ3) is 3.99. The summed E-state index contributed by atoms with van der Waals surface area (Å²) < 4.78 is 0. The molecule has 1 saturated carbocycles. The van der Waals surface area contributed by atoms with E-state index in [1.807, 2.05) is 0 Å². The molecule has 0 aromatic heterocycles. The molecule has 1 aliphatic rings. The number of rotatable bonds is 2. The van der Waals surface area contributed by atoms with Gasteiger partial charge in [0, 0.05) is 11.6 Å². The lowest BCUT2D eigenvalue weighted by Gasteiger charge is -2.33. The van der Waals surface area contributed by atoms with Crippen LogP contribution in [0.3, 0.4) is 0 Å². The molecule has 0 spiro atoms. The van der Waals surface area contributed by atoms with E-state index >= 15 is 0 Å². The summed E-state index contributed by atoms with van der Waals surface area (Å²) in [6.07, 6.45) is 7.57. The zero-order valence-electron chi connectivity index (χ0n) is 11.9. The smallest absolute Gasteiger partial charge is 0.0287 e. The first kappa shape index (κ1) is 13.4. The Labute approximate surface area is 111 Å². The second-order valence-corrected chi connectivity index (χ2v) is 6.32. The highest BCUT2D eigenvalue weighted by atomic mass is 15.0. The molecule has 1 unspecified atom stereocenters. The molecule has 0 amide bonds. The number of benzene rings is 1. The maximum Gasteiger partial charge on any atom is 0.0287 e. The van der Waals surface area contributed by atoms with Gasteiger partial charge in [0.2, 0.25) is 0 Å². The first-order chi connectivity index (χ1) is 8.54. The van der Waals surface area contributed by atoms with Crippen LogP contribution in [0, 0.1) is 0 Å². The van der Waals surface area contributed by atoms with Crippen LogP contribution in [0.2, 0.25) is 0 Å². The maximum atomic E-state index is 3.76. The molecule has 2 rings (SSSR count). The second kappa shape index (κ2) is 5.71. The monoisotopic (exact) mass is 243 g/mol. The molecular formula is C17H25N. The van der Waals surface area contributed by atoms with E-state index in [0.717, 1.165) is 0 Å². The van der Waals surface area contributed by atoms with Crippen molar-refractivity contribution in [3.8, 4) is 0 Å². The minimum absolute atomic E-state index is 0.192. The predicted molar refractivity (Wildman–Crippen MR) is 79.6 cm³/mol. The lowest BCUT2D eigenvalue weighted by molar-refractivity contribution is 0.345. The van der Waals surface area contributed by atoms with Crippen molar-refractivity contribution in [2.45, 2.75) is 58.0 Å². The van der Waals surface area contributed by atoms with Gasteiger partial charge < -0.3 is 5.32 Å². The van der Waals surface area contributed by atoms with E-state index in [2.05, 4.69) is 62.5 Å². The maximum absolute atomic E-state index is 3.76. The van der Waals surface area contributed by atoms with Crippen LogP contribution in [0.4, 0.5) is 0 Å². The fourth-order valence-electron chi connectivity index (χ4n) is 2.66. The lowest BCUT2D eigenvalue weighted by atomic mass is 9.87. The fraction of sp³-hybridized carbons (Fsp3) is 0.529. The largest absolute Gasteiger partial charge is 0.306 e. The van der Waals surface area contributed by atoms with Crippen LogP contribution in [0.15, 0.2) is 35.9 Å². The van der Waals surface area contributed by atoms with E-state index < -0.39 is 0 Å². The molecule has 1 atom stereocenters. The average molecular weight is 243 g/mol. The third-order valence-electron chi connectivity index (χ3n) is 3.41. The first-order valence-corrected chi connectivity index (χ1v) is 7.08. The number of nitrogens with one attached hydrogen (secondary N) is 1. The minimum Gasteiger partial charge on any atom is -0.306 e. The topological polar surface area (TPSA) is 12.0 Å². The summed E-state index contributed by atoms with van der Waals surface area (Å²) in [5.41, 5.74) is 3.09. The van der Waals surface area contributed by atoms with E-state index in [9.17, 15) is 0 Å². The quantitative estimate of drug-likeness (QED) is 0.811. The van der Waals surface area contributed by atoms with Crippen LogP contribution in [-0.2, 0) is 0 Å². The van der Waals surface area contributed by atoms with Crippen molar-refractivity contribution in [1.29, 1.82) is 0 Å². The fourth-order valence-corrected chi connectivity index (χ4v) is 2.66. The highest BCUT2D eigenvalue weighted by molar-refractivity contribution is 5.54. The van der Waals surface area contributed by atoms with Gasteiger partial charge in [-0.1, -0.05) is 48.4 Å². The Balaban J connectivity index is 2.15. The Morgan fingerprint density at radius 1 is 1.11 bits per heavy atom. The molecule has 98 valence electrons. The molecule has 1 fully saturated rings. The molecule has 1 heteroatoms. The van der Waals surface area contributed by atoms with Crippen LogP contribution in [0.25, 0.3) is 6.08 Å². The molecule has 0 saturated heterocycles. The van der Waals surface area contributed by atoms with E-state index in [0.29, 0.717) is 6.04 Å². The van der Waals surface area contributed by atoms with Gasteiger partial charge in [0.25, 0.3) is 0 Å². The normalized spacial score (nSPS) is 23.3. The lowest BCUT2D eigenvalue weighted by Crippen LogP contribution is -2.45. The summed E-state index contributed by atoms with van der Waals surface area (Å²) in [5.74, 6) is 0. The summed E-state index contributed by atoms with van der Waals surface area (Å²) in [5, 5.41) is 3.76. The van der Waals surface area contributed by atoms with Crippen LogP contribution >= 0.6 is 0 Å². The third-order valence-corrected chi connectivity index (χ3v) is 3.41. The van der Waals surface area contributed by atoms with Crippen molar-refractivity contribution in [2.24, 2.45) is 0 Å². The molecule has 0 aliphatic heterocycles. The summed E-state index contributed by atoms with van der Waals surface area (Å²) >= 11 is 0. The van der Waals surface area contributed by atoms with Crippen molar-refractivity contribution in [1.82, 2.24) is 5.32 Å². The van der Waals surface area contributed by atoms with Crippen molar-refractivity contribution >= 4 is 6.08 Å². The van der Waals surface area contributed by atoms with Crippen molar-refractivity contribution in [2.75, 3.05) is 0 Å². The Morgan fingerprint density at radius 2 is 1.83 bits per heavy atom. The van der Waals surface area contributed by atoms with Crippen LogP contribution in [0.1, 0.15) is 52.0 Å². The predicted octanol–water partition coefficient (Wildman–Crippen LogP) is 4.40. The van der Waals surface area contributed by atoms with Gasteiger partial charge >= 0.3 is 0 Å². The van der Waals surface area contributed by atoms with Gasteiger partial charge in [-0.15, -0.1) is 0 Å². The summed E-state index contributed by atoms with van der Waals surface area (Å²) in [6, 6.07) is 11.2. The van der Waals surface area contributed by atoms with Crippen molar-refractivity contribution in [3.63, 3.8) is 0 Å². The Morgan fingerprint density at radius 3 is 2.50 bits per heavy atom. The van der Waals surface area contributed by atoms with Gasteiger partial charge in [0.05, 0.1) is 0 Å². The molecule has 1 aliphatic carbocycles. The molecule has 1 nitrogen and oxygen atoms in total. The summed E-state index contributed by atoms with van der Waals surface area (Å²) in [7, 11) is 0. The highest BCUT2D eigenvalue weighted by Gasteiger charge is 2.23. The summed E-state index contributed by atoms with van der Waals surface area (Å²) in [6.45, 7) is 6.76. The van der Waals surface area contributed by atoms with Crippen LogP contribution in [-0.4, -0.2) is 11.6 Å². The molecule has 1 N–H and O–H groups in total. The minimum atomic E-state index is 0.192. The van der Waals surface area contributed by atoms with Crippen LogP contribution < -0.4 is 5.32 Å². The molecule has 0 heterocycles. The number of hydrogen-bond donors (Lipinski definition) is 1. The zero-order chi connectivity index (χ0) is 13.0. The van der Waals surface area contributed by atoms with Crippen LogP contribution in [0.5, 0.6) is 0 Å². The van der Waals surface area contributed by atoms with E-state index in [-0.39, 0.29) is 5.54 Å². The van der Waals surface area contributed by atoms with Gasteiger partial charge in [-0.2, -0.15) is 0 Å². The van der Waals surface area contributed by atoms with Gasteiger partial charge in [0.15, 0.2) is 0 Å². The second-order valence-electron chi connectivity index (χ2n) is 6.32. The SMILES string of the molecule is CC(C)(C)NC1CCCC/C1=C\c1ccccc1. The molecular weight excluding hydrogens is 218 g/mol. The molecule has 0 bridgehead atoms. The van der Waals surface area contributed by atoms with Crippen molar-refractivity contribution in [3.05, 3.63) is 41.5 Å². The molecule has 0 radical (unpaired) electrons. The zero-order valence-corrected chi connectivity index (χ0v) is 11.9. The Hall–Kier alpha value is -1.08. The average Bonchev–Trinajstić information content (AvgIpc) is 2.31. The molecule has 18 heavy (non-hydrogen) atoms. The summed E-state index contributed by atoms with van der Waals surface area (Å²) in [4.78, 5) is 0. The van der Waals surface area contributed by atoms with Gasteiger partial charge in [-0.3, -0.25) is 0 Å². The Kier molecular flexibility index (Phi) is 4.23.